The van der Waals surface area contributed by atoms with Gasteiger partial charge in [0, 0.05) is 23.9 Å². The summed E-state index contributed by atoms with van der Waals surface area (Å²) in [5.41, 5.74) is 3.55. The Morgan fingerprint density at radius 3 is 2.76 bits per heavy atom. The van der Waals surface area contributed by atoms with Crippen molar-refractivity contribution in [2.75, 3.05) is 0 Å². The lowest BCUT2D eigenvalue weighted by Gasteiger charge is -2.40. The summed E-state index contributed by atoms with van der Waals surface area (Å²) >= 11 is 0. The number of benzene rings is 2. The summed E-state index contributed by atoms with van der Waals surface area (Å²) in [6.45, 7) is 2.41. The minimum absolute atomic E-state index is 0.260. The molecule has 5 rings (SSSR count). The number of hydrogen-bond donors (Lipinski definition) is 1. The van der Waals surface area contributed by atoms with Crippen LogP contribution < -0.4 is 4.74 Å². The first-order valence-corrected chi connectivity index (χ1v) is 9.91. The Balaban J connectivity index is 1.46. The molecule has 0 radical (unpaired) electrons. The summed E-state index contributed by atoms with van der Waals surface area (Å²) in [6.07, 6.45) is 7.03. The molecule has 5 nitrogen and oxygen atoms in total. The van der Waals surface area contributed by atoms with Crippen LogP contribution in [-0.4, -0.2) is 25.1 Å². The van der Waals surface area contributed by atoms with Crippen molar-refractivity contribution in [3.8, 4) is 17.1 Å². The van der Waals surface area contributed by atoms with E-state index in [0.29, 0.717) is 6.61 Å². The van der Waals surface area contributed by atoms with Crippen LogP contribution in [0.25, 0.3) is 16.9 Å². The van der Waals surface area contributed by atoms with Gasteiger partial charge in [-0.15, -0.1) is 0 Å². The van der Waals surface area contributed by atoms with E-state index in [1.165, 1.54) is 0 Å². The lowest BCUT2D eigenvalue weighted by Crippen LogP contribution is -2.39. The number of ether oxygens (including phenoxy) is 1. The predicted molar refractivity (Wildman–Crippen MR) is 112 cm³/mol. The van der Waals surface area contributed by atoms with Crippen LogP contribution >= 0.6 is 0 Å². The lowest BCUT2D eigenvalue weighted by atomic mass is 9.70. The zero-order chi connectivity index (χ0) is 19.8. The smallest absolute Gasteiger partial charge is 0.145 e. The summed E-state index contributed by atoms with van der Waals surface area (Å²) in [7, 11) is 0. The minimum Gasteiger partial charge on any atom is -0.489 e. The molecule has 1 N–H and O–H groups in total. The van der Waals surface area contributed by atoms with Crippen molar-refractivity contribution in [1.29, 1.82) is 0 Å². The first-order chi connectivity index (χ1) is 14.1. The van der Waals surface area contributed by atoms with Gasteiger partial charge in [-0.05, 0) is 37.5 Å². The molecule has 5 heteroatoms. The van der Waals surface area contributed by atoms with Gasteiger partial charge in [-0.25, -0.2) is 4.98 Å². The molecule has 29 heavy (non-hydrogen) atoms. The lowest BCUT2D eigenvalue weighted by molar-refractivity contribution is -0.0318. The molecule has 1 aliphatic carbocycles. The van der Waals surface area contributed by atoms with E-state index in [-0.39, 0.29) is 5.92 Å². The van der Waals surface area contributed by atoms with E-state index in [1.807, 2.05) is 61.8 Å². The van der Waals surface area contributed by atoms with E-state index in [0.717, 1.165) is 46.8 Å². The Labute approximate surface area is 169 Å². The van der Waals surface area contributed by atoms with Gasteiger partial charge in [-0.2, -0.15) is 0 Å². The Hall–Kier alpha value is -3.18. The summed E-state index contributed by atoms with van der Waals surface area (Å²) in [4.78, 5) is 9.25. The Bertz CT molecular complexity index is 1140. The number of rotatable bonds is 5. The Morgan fingerprint density at radius 2 is 1.97 bits per heavy atom. The van der Waals surface area contributed by atoms with Gasteiger partial charge in [-0.1, -0.05) is 42.5 Å². The summed E-state index contributed by atoms with van der Waals surface area (Å²) in [5, 5.41) is 10.2. The second kappa shape index (κ2) is 7.01. The van der Waals surface area contributed by atoms with E-state index in [9.17, 15) is 5.11 Å². The van der Waals surface area contributed by atoms with Crippen molar-refractivity contribution in [1.82, 2.24) is 14.4 Å². The average Bonchev–Trinajstić information content (AvgIpc) is 3.11. The minimum atomic E-state index is -0.589. The number of nitrogens with zero attached hydrogens (tertiary/aromatic N) is 3. The van der Waals surface area contributed by atoms with Gasteiger partial charge in [0.1, 0.15) is 18.2 Å². The fourth-order valence-electron chi connectivity index (χ4n) is 4.13. The zero-order valence-corrected chi connectivity index (χ0v) is 16.3. The molecule has 0 aliphatic heterocycles. The fourth-order valence-corrected chi connectivity index (χ4v) is 4.13. The van der Waals surface area contributed by atoms with Gasteiger partial charge < -0.3 is 9.84 Å². The number of fused-ring (bicyclic) bond motifs is 1. The molecule has 2 aromatic carbocycles. The summed E-state index contributed by atoms with van der Waals surface area (Å²) in [5.74, 6) is 1.94. The van der Waals surface area contributed by atoms with E-state index in [1.54, 1.807) is 6.20 Å². The average molecular weight is 385 g/mol. The van der Waals surface area contributed by atoms with Crippen LogP contribution in [-0.2, 0) is 6.61 Å². The largest absolute Gasteiger partial charge is 0.489 e. The normalized spacial score (nSPS) is 21.1. The molecule has 0 saturated heterocycles. The molecule has 1 aliphatic rings. The molecular formula is C24H23N3O2. The molecule has 0 unspecified atom stereocenters. The Morgan fingerprint density at radius 1 is 1.14 bits per heavy atom. The van der Waals surface area contributed by atoms with E-state index in [2.05, 4.69) is 21.5 Å². The fraction of sp³-hybridized carbons (Fsp3) is 0.250. The van der Waals surface area contributed by atoms with Gasteiger partial charge in [0.2, 0.25) is 0 Å². The second-order valence-electron chi connectivity index (χ2n) is 8.06. The molecular weight excluding hydrogens is 362 g/mol. The van der Waals surface area contributed by atoms with E-state index < -0.39 is 5.60 Å². The standard InChI is InChI=1S/C24H23N3O2/c1-24(28)13-19(14-24)22-21-15-25-10-11-27(21)23(26-22)18-8-5-9-20(12-18)29-16-17-6-3-2-4-7-17/h2-12,15,19,28H,13-14,16H2,1H3. The van der Waals surface area contributed by atoms with Gasteiger partial charge in [-0.3, -0.25) is 9.38 Å². The molecule has 0 bridgehead atoms. The maximum atomic E-state index is 10.2. The molecule has 1 fully saturated rings. The second-order valence-corrected chi connectivity index (χ2v) is 8.06. The zero-order valence-electron chi connectivity index (χ0n) is 16.3. The number of imidazole rings is 1. The van der Waals surface area contributed by atoms with Crippen molar-refractivity contribution in [2.45, 2.75) is 37.9 Å². The highest BCUT2D eigenvalue weighted by Crippen LogP contribution is 2.45. The van der Waals surface area contributed by atoms with Gasteiger partial charge >= 0.3 is 0 Å². The molecule has 2 aromatic heterocycles. The monoisotopic (exact) mass is 385 g/mol. The van der Waals surface area contributed by atoms with Crippen LogP contribution in [0.5, 0.6) is 5.75 Å². The molecule has 0 amide bonds. The van der Waals surface area contributed by atoms with E-state index in [4.69, 9.17) is 9.72 Å². The van der Waals surface area contributed by atoms with Crippen LogP contribution in [0.15, 0.2) is 73.2 Å². The van der Waals surface area contributed by atoms with Crippen molar-refractivity contribution in [3.05, 3.63) is 84.4 Å². The first-order valence-electron chi connectivity index (χ1n) is 9.91. The van der Waals surface area contributed by atoms with Crippen LogP contribution in [0.4, 0.5) is 0 Å². The molecule has 2 heterocycles. The first kappa shape index (κ1) is 17.9. The SMILES string of the molecule is CC1(O)CC(c2nc(-c3cccc(OCc4ccccc4)c3)n3ccncc23)C1. The maximum absolute atomic E-state index is 10.2. The van der Waals surface area contributed by atoms with Crippen LogP contribution in [0.1, 0.15) is 36.9 Å². The maximum Gasteiger partial charge on any atom is 0.145 e. The molecule has 0 spiro atoms. The number of aromatic nitrogens is 3. The number of hydrogen-bond acceptors (Lipinski definition) is 4. The summed E-state index contributed by atoms with van der Waals surface area (Å²) in [6, 6.07) is 18.2. The number of aliphatic hydroxyl groups is 1. The third kappa shape index (κ3) is 3.49. The highest BCUT2D eigenvalue weighted by molar-refractivity contribution is 5.66. The van der Waals surface area contributed by atoms with Crippen LogP contribution in [0, 0.1) is 0 Å². The molecule has 4 aromatic rings. The highest BCUT2D eigenvalue weighted by Gasteiger charge is 2.41. The summed E-state index contributed by atoms with van der Waals surface area (Å²) < 4.78 is 8.07. The quantitative estimate of drug-likeness (QED) is 0.545. The van der Waals surface area contributed by atoms with Gasteiger partial charge in [0.25, 0.3) is 0 Å². The van der Waals surface area contributed by atoms with Crippen molar-refractivity contribution < 1.29 is 9.84 Å². The van der Waals surface area contributed by atoms with Crippen molar-refractivity contribution in [2.24, 2.45) is 0 Å². The van der Waals surface area contributed by atoms with Gasteiger partial charge in [0.15, 0.2) is 0 Å². The third-order valence-electron chi connectivity index (χ3n) is 5.57. The van der Waals surface area contributed by atoms with Gasteiger partial charge in [0.05, 0.1) is 23.0 Å². The highest BCUT2D eigenvalue weighted by atomic mass is 16.5. The van der Waals surface area contributed by atoms with Crippen LogP contribution in [0.3, 0.4) is 0 Å². The van der Waals surface area contributed by atoms with Crippen LogP contribution in [0.2, 0.25) is 0 Å². The Kier molecular flexibility index (Phi) is 4.32. The third-order valence-corrected chi connectivity index (χ3v) is 5.57. The predicted octanol–water partition coefficient (Wildman–Crippen LogP) is 4.60. The van der Waals surface area contributed by atoms with Crippen molar-refractivity contribution >= 4 is 5.52 Å². The molecule has 146 valence electrons. The van der Waals surface area contributed by atoms with E-state index >= 15 is 0 Å². The topological polar surface area (TPSA) is 59.7 Å². The molecule has 0 atom stereocenters. The van der Waals surface area contributed by atoms with Crippen molar-refractivity contribution in [3.63, 3.8) is 0 Å². The molecule has 1 saturated carbocycles.